The third kappa shape index (κ3) is 17.5. The van der Waals surface area contributed by atoms with Gasteiger partial charge in [-0.2, -0.15) is 0 Å². The first-order valence-corrected chi connectivity index (χ1v) is 14.4. The van der Waals surface area contributed by atoms with Crippen molar-refractivity contribution in [3.8, 4) is 5.75 Å². The molecule has 1 aliphatic heterocycles. The minimum atomic E-state index is -2.37. The van der Waals surface area contributed by atoms with Crippen LogP contribution < -0.4 is 14.8 Å². The normalized spacial score (nSPS) is 14.9. The van der Waals surface area contributed by atoms with E-state index in [2.05, 4.69) is 52.4 Å². The van der Waals surface area contributed by atoms with Gasteiger partial charge in [0.2, 0.25) is 0 Å². The van der Waals surface area contributed by atoms with Crippen molar-refractivity contribution in [3.63, 3.8) is 0 Å². The molecule has 1 aliphatic rings. The number of nitrogens with one attached hydrogen (secondary N) is 2. The quantitative estimate of drug-likeness (QED) is 0.217. The lowest BCUT2D eigenvalue weighted by molar-refractivity contribution is 0.169. The summed E-state index contributed by atoms with van der Waals surface area (Å²) in [6, 6.07) is 7.18. The molecule has 36 heavy (non-hydrogen) atoms. The molecule has 7 heteroatoms. The molecule has 2 rings (SSSR count). The van der Waals surface area contributed by atoms with Gasteiger partial charge in [-0.3, -0.25) is 0 Å². The average Bonchev–Trinajstić information content (AvgIpc) is 2.89. The molecule has 6 nitrogen and oxygen atoms in total. The highest BCUT2D eigenvalue weighted by molar-refractivity contribution is 7.98. The topological polar surface area (TPSA) is 68.8 Å². The van der Waals surface area contributed by atoms with Crippen LogP contribution >= 0.6 is 0 Å². The van der Waals surface area contributed by atoms with Gasteiger partial charge in [0, 0.05) is 39.3 Å². The van der Waals surface area contributed by atoms with Crippen LogP contribution in [0.4, 0.5) is 0 Å². The summed E-state index contributed by atoms with van der Waals surface area (Å²) in [7, 11) is 4.19. The van der Waals surface area contributed by atoms with Gasteiger partial charge >= 0.3 is 0 Å². The molecule has 0 spiro atoms. The van der Waals surface area contributed by atoms with E-state index in [4.69, 9.17) is 9.47 Å². The van der Waals surface area contributed by atoms with Gasteiger partial charge in [0.15, 0.2) is 0 Å². The maximum Gasteiger partial charge on any atom is 0.118 e. The Bertz CT molecular complexity index is 831. The van der Waals surface area contributed by atoms with E-state index in [9.17, 15) is 4.21 Å². The lowest BCUT2D eigenvalue weighted by atomic mass is 10.1. The van der Waals surface area contributed by atoms with E-state index >= 15 is 0 Å². The van der Waals surface area contributed by atoms with Crippen LogP contribution in [-0.4, -0.2) is 64.3 Å². The first-order chi connectivity index (χ1) is 17.2. The molecule has 1 aromatic rings. The van der Waals surface area contributed by atoms with Crippen LogP contribution in [0.25, 0.3) is 0 Å². The van der Waals surface area contributed by atoms with E-state index in [1.165, 1.54) is 5.57 Å². The summed E-state index contributed by atoms with van der Waals surface area (Å²) >= 11 is 0. The summed E-state index contributed by atoms with van der Waals surface area (Å²) in [5.74, 6) is 4.53. The number of rotatable bonds is 11. The van der Waals surface area contributed by atoms with Crippen LogP contribution in [0, 0.1) is 0 Å². The highest BCUT2D eigenvalue weighted by Crippen LogP contribution is 2.15. The fraction of sp³-hybridized carbons (Fsp3) is 0.552. The van der Waals surface area contributed by atoms with E-state index in [1.807, 2.05) is 20.8 Å². The molecule has 2 unspecified atom stereocenters. The Morgan fingerprint density at radius 2 is 1.78 bits per heavy atom. The zero-order valence-corrected chi connectivity index (χ0v) is 24.8. The standard InChI is InChI=1S/C13H21NO2S.C12H19NO.C2H6O.C2H6/c1-4-5-6-11-14-17(3,15)13-9-7-12(16-2)8-10-13;1-10(2)12(14-3)7-6-11-5-4-8-13-9-11;1-3-2;1-2/h7-10H,3-6,11H2,1-2H3,(H,14,15);5-7,12-13H,1,4,8-9H2,2-3H3;1-2H3;1-2H3. The highest BCUT2D eigenvalue weighted by Gasteiger charge is 2.06. The summed E-state index contributed by atoms with van der Waals surface area (Å²) in [4.78, 5) is 0.717. The molecule has 0 bridgehead atoms. The van der Waals surface area contributed by atoms with Gasteiger partial charge in [0.05, 0.1) is 22.9 Å². The van der Waals surface area contributed by atoms with Gasteiger partial charge in [-0.1, -0.05) is 58.4 Å². The maximum atomic E-state index is 12.3. The van der Waals surface area contributed by atoms with Crippen molar-refractivity contribution in [1.29, 1.82) is 0 Å². The summed E-state index contributed by atoms with van der Waals surface area (Å²) in [6.07, 6.45) is 10.9. The minimum Gasteiger partial charge on any atom is -0.497 e. The van der Waals surface area contributed by atoms with Crippen molar-refractivity contribution in [3.05, 3.63) is 60.2 Å². The second-order valence-electron chi connectivity index (χ2n) is 7.97. The molecule has 1 heterocycles. The number of ether oxygens (including phenoxy) is 3. The number of hydrogen-bond donors (Lipinski definition) is 2. The number of benzene rings is 1. The molecule has 0 aromatic heterocycles. The van der Waals surface area contributed by atoms with Crippen molar-refractivity contribution < 1.29 is 18.4 Å². The van der Waals surface area contributed by atoms with E-state index in [0.29, 0.717) is 0 Å². The monoisotopic (exact) mass is 524 g/mol. The zero-order chi connectivity index (χ0) is 27.8. The van der Waals surface area contributed by atoms with E-state index < -0.39 is 9.71 Å². The van der Waals surface area contributed by atoms with Crippen molar-refractivity contribution in [2.24, 2.45) is 0 Å². The predicted octanol–water partition coefficient (Wildman–Crippen LogP) is 5.81. The molecule has 208 valence electrons. The fourth-order valence-corrected chi connectivity index (χ4v) is 4.15. The van der Waals surface area contributed by atoms with Crippen LogP contribution in [0.2, 0.25) is 0 Å². The summed E-state index contributed by atoms with van der Waals surface area (Å²) in [5.41, 5.74) is 2.37. The van der Waals surface area contributed by atoms with Gasteiger partial charge < -0.3 is 19.5 Å². The summed E-state index contributed by atoms with van der Waals surface area (Å²) in [6.45, 7) is 14.8. The SMILES string of the molecule is C=C(C)C(C=CC1=CCCNC1)OC.C=S(=O)(NCCCCC)c1ccc(OC)cc1.CC.COC. The van der Waals surface area contributed by atoms with Crippen LogP contribution in [0.15, 0.2) is 65.1 Å². The average molecular weight is 525 g/mol. The Morgan fingerprint density at radius 1 is 1.17 bits per heavy atom. The number of hydrogen-bond acceptors (Lipinski definition) is 5. The third-order valence-electron chi connectivity index (χ3n) is 4.84. The molecule has 0 aliphatic carbocycles. The van der Waals surface area contributed by atoms with E-state index in [0.717, 1.165) is 61.5 Å². The predicted molar refractivity (Wildman–Crippen MR) is 159 cm³/mol. The van der Waals surface area contributed by atoms with Gasteiger partial charge in [-0.05, 0) is 67.6 Å². The Balaban J connectivity index is 0. The van der Waals surface area contributed by atoms with Crippen molar-refractivity contribution in [2.75, 3.05) is 48.1 Å². The molecule has 1 aromatic carbocycles. The molecule has 2 N–H and O–H groups in total. The Hall–Kier alpha value is -1.90. The smallest absolute Gasteiger partial charge is 0.118 e. The number of methoxy groups -OCH3 is 3. The maximum absolute atomic E-state index is 12.3. The van der Waals surface area contributed by atoms with Crippen LogP contribution in [0.3, 0.4) is 0 Å². The van der Waals surface area contributed by atoms with Gasteiger partial charge in [0.25, 0.3) is 0 Å². The molecule has 0 saturated heterocycles. The molecule has 0 radical (unpaired) electrons. The molecule has 0 amide bonds. The first kappa shape index (κ1) is 36.3. The lowest BCUT2D eigenvalue weighted by Gasteiger charge is -2.13. The molecular weight excluding hydrogens is 472 g/mol. The second-order valence-corrected chi connectivity index (χ2v) is 10.1. The Labute approximate surface area is 222 Å². The third-order valence-corrected chi connectivity index (χ3v) is 6.54. The van der Waals surface area contributed by atoms with Gasteiger partial charge in [-0.25, -0.2) is 8.93 Å². The minimum absolute atomic E-state index is 0.0397. The molecular formula is C29H52N2O4S. The van der Waals surface area contributed by atoms with E-state index in [-0.39, 0.29) is 6.10 Å². The highest BCUT2D eigenvalue weighted by atomic mass is 32.2. The zero-order valence-electron chi connectivity index (χ0n) is 24.0. The Morgan fingerprint density at radius 3 is 2.22 bits per heavy atom. The van der Waals surface area contributed by atoms with Crippen molar-refractivity contribution in [1.82, 2.24) is 10.0 Å². The Kier molecular flexibility index (Phi) is 23.7. The number of unbranched alkanes of at least 4 members (excludes halogenated alkanes) is 2. The van der Waals surface area contributed by atoms with Gasteiger partial charge in [0.1, 0.15) is 5.75 Å². The molecule has 0 saturated carbocycles. The van der Waals surface area contributed by atoms with Crippen LogP contribution in [-0.2, 0) is 19.2 Å². The van der Waals surface area contributed by atoms with Crippen molar-refractivity contribution >= 4 is 15.6 Å². The summed E-state index contributed by atoms with van der Waals surface area (Å²) < 4.78 is 29.9. The molecule has 2 atom stereocenters. The van der Waals surface area contributed by atoms with Crippen LogP contribution in [0.1, 0.15) is 53.4 Å². The lowest BCUT2D eigenvalue weighted by Crippen LogP contribution is -2.24. The van der Waals surface area contributed by atoms with Gasteiger partial charge in [-0.15, -0.1) is 0 Å². The molecule has 0 fully saturated rings. The largest absolute Gasteiger partial charge is 0.497 e. The summed E-state index contributed by atoms with van der Waals surface area (Å²) in [5, 5.41) is 3.32. The van der Waals surface area contributed by atoms with Crippen LogP contribution in [0.5, 0.6) is 5.75 Å². The second kappa shape index (κ2) is 23.5. The fourth-order valence-electron chi connectivity index (χ4n) is 2.94. The van der Waals surface area contributed by atoms with E-state index in [1.54, 1.807) is 52.7 Å². The first-order valence-electron chi connectivity index (χ1n) is 12.7. The van der Waals surface area contributed by atoms with Crippen molar-refractivity contribution in [2.45, 2.75) is 64.4 Å².